The van der Waals surface area contributed by atoms with Crippen LogP contribution in [0.3, 0.4) is 0 Å². The zero-order valence-electron chi connectivity index (χ0n) is 14.8. The third-order valence-electron chi connectivity index (χ3n) is 4.74. The summed E-state index contributed by atoms with van der Waals surface area (Å²) in [6.45, 7) is 1.24. The van der Waals surface area contributed by atoms with Gasteiger partial charge in [0.05, 0.1) is 11.8 Å². The third kappa shape index (κ3) is 4.15. The Bertz CT molecular complexity index is 897. The number of aliphatic hydroxyl groups excluding tert-OH is 1. The Morgan fingerprint density at radius 3 is 2.59 bits per heavy atom. The van der Waals surface area contributed by atoms with E-state index in [1.807, 2.05) is 36.4 Å². The van der Waals surface area contributed by atoms with Gasteiger partial charge in [0.1, 0.15) is 17.7 Å². The van der Waals surface area contributed by atoms with E-state index in [1.165, 1.54) is 12.1 Å². The minimum atomic E-state index is -0.491. The largest absolute Gasteiger partial charge is 0.489 e. The molecule has 0 saturated heterocycles. The Morgan fingerprint density at radius 1 is 1.04 bits per heavy atom. The second-order valence-electron chi connectivity index (χ2n) is 6.71. The Balaban J connectivity index is 1.31. The SMILES string of the molecule is O[C@@H]1C[C@@H](CNCc2ccc(-c3ccc(F)cc3)cn2)Oc2ccccc21. The Labute approximate surface area is 157 Å². The number of para-hydroxylation sites is 1. The monoisotopic (exact) mass is 364 g/mol. The van der Waals surface area contributed by atoms with Crippen molar-refractivity contribution < 1.29 is 14.2 Å². The summed E-state index contributed by atoms with van der Waals surface area (Å²) >= 11 is 0. The molecule has 1 aromatic heterocycles. The maximum Gasteiger partial charge on any atom is 0.125 e. The number of nitrogens with one attached hydrogen (secondary N) is 1. The minimum Gasteiger partial charge on any atom is -0.489 e. The van der Waals surface area contributed by atoms with Crippen LogP contribution in [-0.4, -0.2) is 22.7 Å². The van der Waals surface area contributed by atoms with E-state index >= 15 is 0 Å². The van der Waals surface area contributed by atoms with Crippen LogP contribution in [-0.2, 0) is 6.54 Å². The van der Waals surface area contributed by atoms with Crippen molar-refractivity contribution in [2.24, 2.45) is 0 Å². The van der Waals surface area contributed by atoms with Gasteiger partial charge in [0, 0.05) is 36.8 Å². The molecule has 0 amide bonds. The molecule has 0 saturated carbocycles. The van der Waals surface area contributed by atoms with E-state index in [2.05, 4.69) is 10.3 Å². The van der Waals surface area contributed by atoms with Crippen LogP contribution >= 0.6 is 0 Å². The average molecular weight is 364 g/mol. The predicted molar refractivity (Wildman–Crippen MR) is 102 cm³/mol. The summed E-state index contributed by atoms with van der Waals surface area (Å²) in [6, 6.07) is 17.9. The predicted octanol–water partition coefficient (Wildman–Crippen LogP) is 3.86. The first kappa shape index (κ1) is 17.6. The molecule has 2 atom stereocenters. The molecule has 138 valence electrons. The van der Waals surface area contributed by atoms with Crippen molar-refractivity contribution in [2.45, 2.75) is 25.2 Å². The molecule has 1 aliphatic rings. The summed E-state index contributed by atoms with van der Waals surface area (Å²) in [6.07, 6.45) is 1.80. The fourth-order valence-electron chi connectivity index (χ4n) is 3.30. The smallest absolute Gasteiger partial charge is 0.125 e. The standard InChI is InChI=1S/C22H21FN2O2/c23-17-8-5-15(6-9-17)16-7-10-18(25-12-16)13-24-14-19-11-21(26)20-3-1-2-4-22(20)27-19/h1-10,12,19,21,24,26H,11,13-14H2/t19-,21+/m0/s1. The van der Waals surface area contributed by atoms with E-state index in [4.69, 9.17) is 4.74 Å². The van der Waals surface area contributed by atoms with Crippen molar-refractivity contribution in [2.75, 3.05) is 6.54 Å². The second-order valence-corrected chi connectivity index (χ2v) is 6.71. The zero-order valence-corrected chi connectivity index (χ0v) is 14.8. The van der Waals surface area contributed by atoms with Gasteiger partial charge in [0.15, 0.2) is 0 Å². The summed E-state index contributed by atoms with van der Waals surface area (Å²) in [5.74, 6) is 0.509. The first-order valence-corrected chi connectivity index (χ1v) is 9.04. The van der Waals surface area contributed by atoms with E-state index in [0.29, 0.717) is 19.5 Å². The molecular formula is C22H21FN2O2. The number of pyridine rings is 1. The van der Waals surface area contributed by atoms with Crippen LogP contribution in [0.1, 0.15) is 23.8 Å². The summed E-state index contributed by atoms with van der Waals surface area (Å²) in [7, 11) is 0. The summed E-state index contributed by atoms with van der Waals surface area (Å²) < 4.78 is 19.0. The molecule has 0 bridgehead atoms. The molecule has 2 aromatic carbocycles. The minimum absolute atomic E-state index is 0.0756. The lowest BCUT2D eigenvalue weighted by Gasteiger charge is -2.29. The number of nitrogens with zero attached hydrogens (tertiary/aromatic N) is 1. The highest BCUT2D eigenvalue weighted by molar-refractivity contribution is 5.62. The fourth-order valence-corrected chi connectivity index (χ4v) is 3.30. The van der Waals surface area contributed by atoms with Gasteiger partial charge in [-0.15, -0.1) is 0 Å². The van der Waals surface area contributed by atoms with Gasteiger partial charge in [-0.05, 0) is 29.8 Å². The molecule has 0 aliphatic carbocycles. The van der Waals surface area contributed by atoms with Crippen molar-refractivity contribution in [1.29, 1.82) is 0 Å². The summed E-state index contributed by atoms with van der Waals surface area (Å²) in [4.78, 5) is 4.46. The normalized spacial score (nSPS) is 18.6. The van der Waals surface area contributed by atoms with Crippen LogP contribution in [0, 0.1) is 5.82 Å². The first-order valence-electron chi connectivity index (χ1n) is 9.04. The van der Waals surface area contributed by atoms with Crippen molar-refractivity contribution >= 4 is 0 Å². The number of halogens is 1. The molecule has 2 N–H and O–H groups in total. The molecular weight excluding hydrogens is 343 g/mol. The Hall–Kier alpha value is -2.76. The van der Waals surface area contributed by atoms with Crippen molar-refractivity contribution in [3.05, 3.63) is 83.9 Å². The third-order valence-corrected chi connectivity index (χ3v) is 4.74. The van der Waals surface area contributed by atoms with E-state index in [-0.39, 0.29) is 11.9 Å². The lowest BCUT2D eigenvalue weighted by atomic mass is 9.99. The topological polar surface area (TPSA) is 54.4 Å². The van der Waals surface area contributed by atoms with Crippen LogP contribution < -0.4 is 10.1 Å². The van der Waals surface area contributed by atoms with Gasteiger partial charge in [-0.1, -0.05) is 36.4 Å². The van der Waals surface area contributed by atoms with E-state index in [1.54, 1.807) is 18.3 Å². The number of hydrogen-bond acceptors (Lipinski definition) is 4. The first-order chi connectivity index (χ1) is 13.2. The number of hydrogen-bond donors (Lipinski definition) is 2. The molecule has 0 fully saturated rings. The Morgan fingerprint density at radius 2 is 1.81 bits per heavy atom. The Kier molecular flexibility index (Phi) is 5.14. The number of benzene rings is 2. The fraction of sp³-hybridized carbons (Fsp3) is 0.227. The van der Waals surface area contributed by atoms with Gasteiger partial charge >= 0.3 is 0 Å². The summed E-state index contributed by atoms with van der Waals surface area (Å²) in [5.41, 5.74) is 3.66. The molecule has 1 aliphatic heterocycles. The van der Waals surface area contributed by atoms with Gasteiger partial charge in [0.2, 0.25) is 0 Å². The number of fused-ring (bicyclic) bond motifs is 1. The maximum atomic E-state index is 13.0. The van der Waals surface area contributed by atoms with Gasteiger partial charge < -0.3 is 15.2 Å². The highest BCUT2D eigenvalue weighted by atomic mass is 19.1. The lowest BCUT2D eigenvalue weighted by Crippen LogP contribution is -2.35. The van der Waals surface area contributed by atoms with Crippen LogP contribution in [0.5, 0.6) is 5.75 Å². The molecule has 2 heterocycles. The van der Waals surface area contributed by atoms with Crippen LogP contribution in [0.15, 0.2) is 66.9 Å². The van der Waals surface area contributed by atoms with Crippen LogP contribution in [0.25, 0.3) is 11.1 Å². The molecule has 4 rings (SSSR count). The van der Waals surface area contributed by atoms with Gasteiger partial charge in [-0.25, -0.2) is 4.39 Å². The van der Waals surface area contributed by atoms with Crippen LogP contribution in [0.4, 0.5) is 4.39 Å². The quantitative estimate of drug-likeness (QED) is 0.722. The van der Waals surface area contributed by atoms with Crippen LogP contribution in [0.2, 0.25) is 0 Å². The lowest BCUT2D eigenvalue weighted by molar-refractivity contribution is 0.0657. The molecule has 0 unspecified atom stereocenters. The highest BCUT2D eigenvalue weighted by Crippen LogP contribution is 2.34. The van der Waals surface area contributed by atoms with Crippen molar-refractivity contribution in [1.82, 2.24) is 10.3 Å². The number of aliphatic hydroxyl groups is 1. The van der Waals surface area contributed by atoms with Gasteiger partial charge in [-0.2, -0.15) is 0 Å². The number of aromatic nitrogens is 1. The molecule has 5 heteroatoms. The molecule has 27 heavy (non-hydrogen) atoms. The van der Waals surface area contributed by atoms with Crippen molar-refractivity contribution in [3.63, 3.8) is 0 Å². The number of rotatable bonds is 5. The van der Waals surface area contributed by atoms with Gasteiger partial charge in [0.25, 0.3) is 0 Å². The molecule has 0 radical (unpaired) electrons. The van der Waals surface area contributed by atoms with Crippen molar-refractivity contribution in [3.8, 4) is 16.9 Å². The van der Waals surface area contributed by atoms with E-state index < -0.39 is 6.10 Å². The summed E-state index contributed by atoms with van der Waals surface area (Å²) in [5, 5.41) is 13.6. The van der Waals surface area contributed by atoms with E-state index in [0.717, 1.165) is 28.1 Å². The second kappa shape index (κ2) is 7.86. The maximum absolute atomic E-state index is 13.0. The molecule has 3 aromatic rings. The number of ether oxygens (including phenoxy) is 1. The highest BCUT2D eigenvalue weighted by Gasteiger charge is 2.26. The van der Waals surface area contributed by atoms with E-state index in [9.17, 15) is 9.50 Å². The van der Waals surface area contributed by atoms with Gasteiger partial charge in [-0.3, -0.25) is 4.98 Å². The molecule has 4 nitrogen and oxygen atoms in total. The average Bonchev–Trinajstić information content (AvgIpc) is 2.69. The zero-order chi connectivity index (χ0) is 18.6. The molecule has 0 spiro atoms.